The molecule has 1 fully saturated rings. The van der Waals surface area contributed by atoms with Crippen LogP contribution in [-0.4, -0.2) is 36.2 Å². The molecule has 1 saturated heterocycles. The van der Waals surface area contributed by atoms with E-state index >= 15 is 0 Å². The van der Waals surface area contributed by atoms with E-state index in [0.717, 1.165) is 5.57 Å². The van der Waals surface area contributed by atoms with E-state index in [1.807, 2.05) is 0 Å². The van der Waals surface area contributed by atoms with E-state index in [1.54, 1.807) is 6.92 Å². The number of rotatable bonds is 5. The highest BCUT2D eigenvalue weighted by Crippen LogP contribution is 2.13. The molecule has 1 aliphatic heterocycles. The molecule has 2 N–H and O–H groups in total. The minimum absolute atomic E-state index is 0.216. The molecule has 1 amide bonds. The molecule has 5 nitrogen and oxygen atoms in total. The molecular weight excluding hydrogens is 210 g/mol. The number of carboxylic acids is 1. The highest BCUT2D eigenvalue weighted by molar-refractivity contribution is 5.85. The second kappa shape index (κ2) is 5.65. The van der Waals surface area contributed by atoms with Crippen LogP contribution in [0.15, 0.2) is 12.2 Å². The minimum Gasteiger partial charge on any atom is -0.480 e. The molecule has 0 unspecified atom stereocenters. The van der Waals surface area contributed by atoms with Gasteiger partial charge in [0.05, 0.1) is 12.5 Å². The van der Waals surface area contributed by atoms with E-state index < -0.39 is 12.0 Å². The van der Waals surface area contributed by atoms with Crippen LogP contribution in [0, 0.1) is 5.92 Å². The van der Waals surface area contributed by atoms with Gasteiger partial charge in [-0.25, -0.2) is 4.79 Å². The molecule has 2 atom stereocenters. The standard InChI is InChI=1S/C11H17NO4/c1-7(2)5-9(11(14)15)12-10(13)8-3-4-16-6-8/h8-9H,1,3-6H2,2H3,(H,12,13)(H,14,15)/t8-,9+/m1/s1. The van der Waals surface area contributed by atoms with Crippen molar-refractivity contribution in [3.63, 3.8) is 0 Å². The van der Waals surface area contributed by atoms with Gasteiger partial charge in [0.2, 0.25) is 5.91 Å². The number of amides is 1. The van der Waals surface area contributed by atoms with E-state index in [2.05, 4.69) is 11.9 Å². The Bertz CT molecular complexity index is 294. The van der Waals surface area contributed by atoms with Gasteiger partial charge in [-0.15, -0.1) is 6.58 Å². The molecule has 0 saturated carbocycles. The molecule has 0 aromatic heterocycles. The molecule has 1 aliphatic rings. The fraction of sp³-hybridized carbons (Fsp3) is 0.636. The lowest BCUT2D eigenvalue weighted by Gasteiger charge is -2.16. The smallest absolute Gasteiger partial charge is 0.326 e. The normalized spacial score (nSPS) is 21.4. The third-order valence-corrected chi connectivity index (χ3v) is 2.47. The molecular formula is C11H17NO4. The topological polar surface area (TPSA) is 75.6 Å². The zero-order valence-corrected chi connectivity index (χ0v) is 9.36. The second-order valence-corrected chi connectivity index (χ2v) is 4.12. The Morgan fingerprint density at radius 1 is 1.62 bits per heavy atom. The van der Waals surface area contributed by atoms with Crippen molar-refractivity contribution in [3.05, 3.63) is 12.2 Å². The van der Waals surface area contributed by atoms with E-state index in [0.29, 0.717) is 19.6 Å². The average molecular weight is 227 g/mol. The number of nitrogens with one attached hydrogen (secondary N) is 1. The SMILES string of the molecule is C=C(C)C[C@H](NC(=O)[C@@H]1CCOC1)C(=O)O. The van der Waals surface area contributed by atoms with Crippen LogP contribution in [0.2, 0.25) is 0 Å². The Labute approximate surface area is 94.5 Å². The van der Waals surface area contributed by atoms with Crippen molar-refractivity contribution in [2.24, 2.45) is 5.92 Å². The summed E-state index contributed by atoms with van der Waals surface area (Å²) in [7, 11) is 0. The Morgan fingerprint density at radius 3 is 2.75 bits per heavy atom. The fourth-order valence-electron chi connectivity index (χ4n) is 1.58. The third kappa shape index (κ3) is 3.66. The van der Waals surface area contributed by atoms with Crippen LogP contribution < -0.4 is 5.32 Å². The van der Waals surface area contributed by atoms with Crippen molar-refractivity contribution in [2.75, 3.05) is 13.2 Å². The third-order valence-electron chi connectivity index (χ3n) is 2.47. The van der Waals surface area contributed by atoms with Crippen molar-refractivity contribution in [3.8, 4) is 0 Å². The van der Waals surface area contributed by atoms with Crippen LogP contribution in [0.4, 0.5) is 0 Å². The van der Waals surface area contributed by atoms with Crippen LogP contribution in [-0.2, 0) is 14.3 Å². The van der Waals surface area contributed by atoms with Gasteiger partial charge in [0.1, 0.15) is 6.04 Å². The van der Waals surface area contributed by atoms with Gasteiger partial charge in [-0.3, -0.25) is 4.79 Å². The highest BCUT2D eigenvalue weighted by atomic mass is 16.5. The van der Waals surface area contributed by atoms with Gasteiger partial charge in [-0.2, -0.15) is 0 Å². The molecule has 16 heavy (non-hydrogen) atoms. The van der Waals surface area contributed by atoms with Crippen molar-refractivity contribution in [1.29, 1.82) is 0 Å². The molecule has 90 valence electrons. The average Bonchev–Trinajstić information content (AvgIpc) is 2.68. The van der Waals surface area contributed by atoms with Gasteiger partial charge >= 0.3 is 5.97 Å². The quantitative estimate of drug-likeness (QED) is 0.673. The maximum Gasteiger partial charge on any atom is 0.326 e. The molecule has 0 aromatic carbocycles. The molecule has 0 aliphatic carbocycles. The lowest BCUT2D eigenvalue weighted by atomic mass is 10.1. The predicted octanol–water partition coefficient (Wildman–Crippen LogP) is 0.558. The summed E-state index contributed by atoms with van der Waals surface area (Å²) in [6.07, 6.45) is 0.917. The first-order chi connectivity index (χ1) is 7.50. The molecule has 0 bridgehead atoms. The van der Waals surface area contributed by atoms with Gasteiger partial charge in [0.15, 0.2) is 0 Å². The molecule has 0 spiro atoms. The number of carbonyl (C=O) groups is 2. The summed E-state index contributed by atoms with van der Waals surface area (Å²) in [4.78, 5) is 22.6. The summed E-state index contributed by atoms with van der Waals surface area (Å²) < 4.78 is 5.08. The number of hydrogen-bond donors (Lipinski definition) is 2. The molecule has 1 heterocycles. The van der Waals surface area contributed by atoms with Crippen molar-refractivity contribution in [1.82, 2.24) is 5.32 Å². The lowest BCUT2D eigenvalue weighted by Crippen LogP contribution is -2.43. The van der Waals surface area contributed by atoms with E-state index in [1.165, 1.54) is 0 Å². The molecule has 1 rings (SSSR count). The summed E-state index contributed by atoms with van der Waals surface area (Å²) in [5.74, 6) is -1.49. The monoisotopic (exact) mass is 227 g/mol. The first kappa shape index (κ1) is 12.7. The van der Waals surface area contributed by atoms with E-state index in [9.17, 15) is 9.59 Å². The van der Waals surface area contributed by atoms with Crippen LogP contribution in [0.5, 0.6) is 0 Å². The summed E-state index contributed by atoms with van der Waals surface area (Å²) in [6.45, 7) is 6.33. The highest BCUT2D eigenvalue weighted by Gasteiger charge is 2.27. The van der Waals surface area contributed by atoms with Crippen LogP contribution in [0.3, 0.4) is 0 Å². The van der Waals surface area contributed by atoms with Gasteiger partial charge in [-0.05, 0) is 19.8 Å². The van der Waals surface area contributed by atoms with Gasteiger partial charge in [-0.1, -0.05) is 5.57 Å². The Hall–Kier alpha value is -1.36. The number of carboxylic acid groups (broad SMARTS) is 1. The Morgan fingerprint density at radius 2 is 2.31 bits per heavy atom. The minimum atomic E-state index is -1.03. The lowest BCUT2D eigenvalue weighted by molar-refractivity contribution is -0.142. The van der Waals surface area contributed by atoms with Crippen LogP contribution in [0.1, 0.15) is 19.8 Å². The summed E-state index contributed by atoms with van der Waals surface area (Å²) in [5.41, 5.74) is 0.732. The predicted molar refractivity (Wildman–Crippen MR) is 57.9 cm³/mol. The summed E-state index contributed by atoms with van der Waals surface area (Å²) in [5, 5.41) is 11.4. The first-order valence-corrected chi connectivity index (χ1v) is 5.26. The summed E-state index contributed by atoms with van der Waals surface area (Å²) >= 11 is 0. The first-order valence-electron chi connectivity index (χ1n) is 5.26. The maximum absolute atomic E-state index is 11.7. The van der Waals surface area contributed by atoms with Gasteiger partial charge in [0, 0.05) is 6.61 Å². The number of carbonyl (C=O) groups excluding carboxylic acids is 1. The number of hydrogen-bond acceptors (Lipinski definition) is 3. The zero-order chi connectivity index (χ0) is 12.1. The second-order valence-electron chi connectivity index (χ2n) is 4.12. The van der Waals surface area contributed by atoms with Crippen molar-refractivity contribution < 1.29 is 19.4 Å². The van der Waals surface area contributed by atoms with E-state index in [-0.39, 0.29) is 18.2 Å². The van der Waals surface area contributed by atoms with E-state index in [4.69, 9.17) is 9.84 Å². The number of ether oxygens (including phenoxy) is 1. The largest absolute Gasteiger partial charge is 0.480 e. The van der Waals surface area contributed by atoms with Crippen LogP contribution >= 0.6 is 0 Å². The number of aliphatic carboxylic acids is 1. The fourth-order valence-corrected chi connectivity index (χ4v) is 1.58. The Balaban J connectivity index is 2.50. The van der Waals surface area contributed by atoms with Gasteiger partial charge < -0.3 is 15.2 Å². The van der Waals surface area contributed by atoms with Crippen LogP contribution in [0.25, 0.3) is 0 Å². The van der Waals surface area contributed by atoms with Crippen molar-refractivity contribution in [2.45, 2.75) is 25.8 Å². The van der Waals surface area contributed by atoms with Gasteiger partial charge in [0.25, 0.3) is 0 Å². The van der Waals surface area contributed by atoms with Crippen molar-refractivity contribution >= 4 is 11.9 Å². The maximum atomic E-state index is 11.7. The molecule has 0 radical (unpaired) electrons. The molecule has 5 heteroatoms. The summed E-state index contributed by atoms with van der Waals surface area (Å²) in [6, 6.07) is -0.884. The molecule has 0 aromatic rings. The zero-order valence-electron chi connectivity index (χ0n) is 9.36. The Kier molecular flexibility index (Phi) is 4.49.